The predicted molar refractivity (Wildman–Crippen MR) is 74.8 cm³/mol. The molecule has 0 aliphatic carbocycles. The monoisotopic (exact) mass is 296 g/mol. The van der Waals surface area contributed by atoms with E-state index in [1.807, 2.05) is 6.82 Å². The molecule has 0 radical (unpaired) electrons. The van der Waals surface area contributed by atoms with Gasteiger partial charge in [0.05, 0.1) is 0 Å². The van der Waals surface area contributed by atoms with Crippen LogP contribution in [0.5, 0.6) is 0 Å². The molecule has 0 unspecified atom stereocenters. The van der Waals surface area contributed by atoms with E-state index in [-0.39, 0.29) is 7.05 Å². The van der Waals surface area contributed by atoms with Crippen molar-refractivity contribution >= 4 is 23.0 Å². The van der Waals surface area contributed by atoms with Crippen LogP contribution in [0.4, 0.5) is 0 Å². The summed E-state index contributed by atoms with van der Waals surface area (Å²) in [5, 5.41) is 9.49. The molecule has 1 aromatic carbocycles. The van der Waals surface area contributed by atoms with Crippen LogP contribution in [0.2, 0.25) is 6.82 Å². The summed E-state index contributed by atoms with van der Waals surface area (Å²) in [6, 6.07) is 8.49. The van der Waals surface area contributed by atoms with Gasteiger partial charge in [0.15, 0.2) is 0 Å². The highest BCUT2D eigenvalue weighted by Crippen LogP contribution is 2.13. The number of rotatable bonds is 3. The Balaban J connectivity index is 1.84. The number of benzene rings is 1. The first kappa shape index (κ1) is 13.1. The number of hydrogen-bond acceptors (Lipinski definition) is 3. The van der Waals surface area contributed by atoms with E-state index in [1.54, 1.807) is 0 Å². The zero-order chi connectivity index (χ0) is 12.3. The molecule has 1 heterocycles. The zero-order valence-corrected chi connectivity index (χ0v) is 11.7. The second-order valence-corrected chi connectivity index (χ2v) is 5.49. The van der Waals surface area contributed by atoms with Crippen LogP contribution in [0.15, 0.2) is 28.7 Å². The quantitative estimate of drug-likeness (QED) is 0.860. The van der Waals surface area contributed by atoms with Crippen molar-refractivity contribution < 1.29 is 5.02 Å². The van der Waals surface area contributed by atoms with Crippen LogP contribution in [-0.4, -0.2) is 48.0 Å². The summed E-state index contributed by atoms with van der Waals surface area (Å²) in [6.45, 7) is 6.80. The van der Waals surface area contributed by atoms with Gasteiger partial charge in [0, 0.05) is 37.2 Å². The lowest BCUT2D eigenvalue weighted by atomic mass is 9.84. The molecule has 1 aliphatic heterocycles. The van der Waals surface area contributed by atoms with E-state index in [2.05, 4.69) is 49.9 Å². The van der Waals surface area contributed by atoms with Gasteiger partial charge in [-0.3, -0.25) is 4.90 Å². The van der Waals surface area contributed by atoms with Gasteiger partial charge in [0.25, 0.3) is 0 Å². The molecular formula is C12H18BBrN2O. The van der Waals surface area contributed by atoms with Crippen LogP contribution >= 0.6 is 15.9 Å². The Bertz CT molecular complexity index is 350. The predicted octanol–water partition coefficient (Wildman–Crippen LogP) is 1.68. The van der Waals surface area contributed by atoms with Gasteiger partial charge in [0.2, 0.25) is 0 Å². The lowest BCUT2D eigenvalue weighted by Crippen LogP contribution is -2.51. The fraction of sp³-hybridized carbons (Fsp3) is 0.500. The SMILES string of the molecule is CB(O)N1CCN(Cc2ccc(Br)cc2)CC1. The van der Waals surface area contributed by atoms with Crippen molar-refractivity contribution in [1.82, 2.24) is 9.71 Å². The van der Waals surface area contributed by atoms with Crippen LogP contribution < -0.4 is 0 Å². The van der Waals surface area contributed by atoms with E-state index >= 15 is 0 Å². The largest absolute Gasteiger partial charge is 0.437 e. The van der Waals surface area contributed by atoms with E-state index in [0.717, 1.165) is 37.2 Å². The fourth-order valence-corrected chi connectivity index (χ4v) is 2.41. The highest BCUT2D eigenvalue weighted by molar-refractivity contribution is 9.10. The Labute approximate surface area is 112 Å². The van der Waals surface area contributed by atoms with Crippen LogP contribution in [0.25, 0.3) is 0 Å². The Kier molecular flexibility index (Phi) is 4.62. The molecule has 3 nitrogen and oxygen atoms in total. The molecule has 17 heavy (non-hydrogen) atoms. The normalized spacial score (nSPS) is 18.3. The van der Waals surface area contributed by atoms with Crippen molar-refractivity contribution in [3.8, 4) is 0 Å². The average Bonchev–Trinajstić information content (AvgIpc) is 2.33. The Morgan fingerprint density at radius 3 is 2.29 bits per heavy atom. The summed E-state index contributed by atoms with van der Waals surface area (Å²) in [6.07, 6.45) is 0. The molecule has 0 bridgehead atoms. The number of piperazine rings is 1. The molecule has 0 aromatic heterocycles. The maximum atomic E-state index is 9.49. The minimum absolute atomic E-state index is 0.315. The third-order valence-corrected chi connectivity index (χ3v) is 3.78. The maximum Gasteiger partial charge on any atom is 0.376 e. The standard InChI is InChI=1S/C12H18BBrN2O/c1-13(17)16-8-6-15(7-9-16)10-11-2-4-12(14)5-3-11/h2-5,17H,6-10H2,1H3. The molecule has 0 atom stereocenters. The minimum Gasteiger partial charge on any atom is -0.437 e. The van der Waals surface area contributed by atoms with Gasteiger partial charge >= 0.3 is 7.05 Å². The first-order chi connectivity index (χ1) is 8.15. The van der Waals surface area contributed by atoms with Crippen LogP contribution in [0.3, 0.4) is 0 Å². The van der Waals surface area contributed by atoms with E-state index in [1.165, 1.54) is 5.56 Å². The highest BCUT2D eigenvalue weighted by atomic mass is 79.9. The molecule has 1 aromatic rings. The molecule has 1 saturated heterocycles. The molecule has 0 spiro atoms. The van der Waals surface area contributed by atoms with E-state index in [0.29, 0.717) is 0 Å². The van der Waals surface area contributed by atoms with E-state index < -0.39 is 0 Å². The van der Waals surface area contributed by atoms with Gasteiger partial charge in [0.1, 0.15) is 0 Å². The molecule has 2 rings (SSSR count). The Morgan fingerprint density at radius 1 is 1.18 bits per heavy atom. The lowest BCUT2D eigenvalue weighted by Gasteiger charge is -2.35. The van der Waals surface area contributed by atoms with Crippen molar-refractivity contribution in [2.24, 2.45) is 0 Å². The van der Waals surface area contributed by atoms with Crippen molar-refractivity contribution in [2.75, 3.05) is 26.2 Å². The number of nitrogens with zero attached hydrogens (tertiary/aromatic N) is 2. The van der Waals surface area contributed by atoms with Gasteiger partial charge in [-0.2, -0.15) is 0 Å². The van der Waals surface area contributed by atoms with Crippen molar-refractivity contribution in [2.45, 2.75) is 13.4 Å². The summed E-state index contributed by atoms with van der Waals surface area (Å²) in [4.78, 5) is 4.54. The molecule has 92 valence electrons. The first-order valence-corrected chi connectivity index (χ1v) is 6.83. The Hall–Kier alpha value is -0.355. The average molecular weight is 297 g/mol. The third kappa shape index (κ3) is 3.81. The second kappa shape index (κ2) is 6.00. The molecule has 0 amide bonds. The molecule has 0 saturated carbocycles. The van der Waals surface area contributed by atoms with Gasteiger partial charge in [-0.1, -0.05) is 28.1 Å². The van der Waals surface area contributed by atoms with E-state index in [4.69, 9.17) is 0 Å². The van der Waals surface area contributed by atoms with Gasteiger partial charge < -0.3 is 9.83 Å². The minimum atomic E-state index is -0.315. The molecule has 5 heteroatoms. The summed E-state index contributed by atoms with van der Waals surface area (Å²) in [5.41, 5.74) is 1.35. The molecule has 1 fully saturated rings. The Morgan fingerprint density at radius 2 is 1.76 bits per heavy atom. The van der Waals surface area contributed by atoms with Crippen LogP contribution in [-0.2, 0) is 6.54 Å². The first-order valence-electron chi connectivity index (χ1n) is 6.04. The van der Waals surface area contributed by atoms with Gasteiger partial charge in [-0.25, -0.2) is 0 Å². The van der Waals surface area contributed by atoms with Crippen molar-refractivity contribution in [1.29, 1.82) is 0 Å². The topological polar surface area (TPSA) is 26.7 Å². The van der Waals surface area contributed by atoms with E-state index in [9.17, 15) is 5.02 Å². The fourth-order valence-electron chi connectivity index (χ4n) is 2.14. The number of halogens is 1. The van der Waals surface area contributed by atoms with Crippen molar-refractivity contribution in [3.63, 3.8) is 0 Å². The smallest absolute Gasteiger partial charge is 0.376 e. The highest BCUT2D eigenvalue weighted by Gasteiger charge is 2.22. The summed E-state index contributed by atoms with van der Waals surface area (Å²) in [5.74, 6) is 0. The third-order valence-electron chi connectivity index (χ3n) is 3.25. The summed E-state index contributed by atoms with van der Waals surface area (Å²) in [7, 11) is -0.315. The van der Waals surface area contributed by atoms with Crippen LogP contribution in [0, 0.1) is 0 Å². The molecule has 1 N–H and O–H groups in total. The maximum absolute atomic E-state index is 9.49. The molecular weight excluding hydrogens is 279 g/mol. The second-order valence-electron chi connectivity index (χ2n) is 4.57. The summed E-state index contributed by atoms with van der Waals surface area (Å²) < 4.78 is 1.13. The van der Waals surface area contributed by atoms with Crippen molar-refractivity contribution in [3.05, 3.63) is 34.3 Å². The lowest BCUT2D eigenvalue weighted by molar-refractivity contribution is 0.169. The van der Waals surface area contributed by atoms with Gasteiger partial charge in [-0.05, 0) is 24.5 Å². The van der Waals surface area contributed by atoms with Crippen LogP contribution in [0.1, 0.15) is 5.56 Å². The van der Waals surface area contributed by atoms with Gasteiger partial charge in [-0.15, -0.1) is 0 Å². The molecule has 1 aliphatic rings. The summed E-state index contributed by atoms with van der Waals surface area (Å²) >= 11 is 3.45. The zero-order valence-electron chi connectivity index (χ0n) is 10.1. The number of hydrogen-bond donors (Lipinski definition) is 1.